The van der Waals surface area contributed by atoms with Gasteiger partial charge in [-0.25, -0.2) is 0 Å². The highest BCUT2D eigenvalue weighted by Gasteiger charge is 2.48. The van der Waals surface area contributed by atoms with E-state index in [1.807, 2.05) is 6.92 Å². The van der Waals surface area contributed by atoms with Gasteiger partial charge in [-0.2, -0.15) is 5.10 Å². The van der Waals surface area contributed by atoms with Crippen molar-refractivity contribution in [1.82, 2.24) is 20.0 Å². The predicted molar refractivity (Wildman–Crippen MR) is 133 cm³/mol. The summed E-state index contributed by atoms with van der Waals surface area (Å²) in [7, 11) is 1.50. The van der Waals surface area contributed by atoms with E-state index >= 15 is 0 Å². The Bertz CT molecular complexity index is 1130. The molecular weight excluding hydrogens is 470 g/mol. The molecule has 4 rings (SSSR count). The number of aromatic nitrogens is 2. The monoisotopic (exact) mass is 501 g/mol. The summed E-state index contributed by atoms with van der Waals surface area (Å²) in [5, 5.41) is 10.7. The third-order valence-corrected chi connectivity index (χ3v) is 7.09. The zero-order valence-corrected chi connectivity index (χ0v) is 21.2. The number of halogens is 1. The smallest absolute Gasteiger partial charge is 0.276 e. The fourth-order valence-corrected chi connectivity index (χ4v) is 4.97. The number of anilines is 1. The average Bonchev–Trinajstić information content (AvgIpc) is 3.49. The van der Waals surface area contributed by atoms with E-state index in [0.717, 1.165) is 38.5 Å². The highest BCUT2D eigenvalue weighted by Crippen LogP contribution is 2.31. The molecule has 1 aliphatic heterocycles. The maximum atomic E-state index is 13.5. The van der Waals surface area contributed by atoms with E-state index in [-0.39, 0.29) is 35.8 Å². The number of carbonyl (C=O) groups excluding carboxylic acids is 3. The molecule has 1 aromatic heterocycles. The van der Waals surface area contributed by atoms with E-state index in [0.29, 0.717) is 23.0 Å². The van der Waals surface area contributed by atoms with Crippen LogP contribution >= 0.6 is 11.6 Å². The molecule has 0 unspecified atom stereocenters. The number of nitrogens with zero attached hydrogens (tertiary/aromatic N) is 3. The second-order valence-electron chi connectivity index (χ2n) is 9.41. The summed E-state index contributed by atoms with van der Waals surface area (Å²) in [4.78, 5) is 41.6. The Morgan fingerprint density at radius 1 is 1.26 bits per heavy atom. The lowest BCUT2D eigenvalue weighted by Crippen LogP contribution is -2.65. The number of fused-ring (bicyclic) bond motifs is 1. The van der Waals surface area contributed by atoms with Crippen molar-refractivity contribution in [3.8, 4) is 5.75 Å². The summed E-state index contributed by atoms with van der Waals surface area (Å²) in [6, 6.07) is 6.50. The predicted octanol–water partition coefficient (Wildman–Crippen LogP) is 3.87. The highest BCUT2D eigenvalue weighted by atomic mass is 35.5. The molecule has 1 atom stereocenters. The van der Waals surface area contributed by atoms with Crippen molar-refractivity contribution in [3.63, 3.8) is 0 Å². The van der Waals surface area contributed by atoms with E-state index in [1.165, 1.54) is 17.9 Å². The van der Waals surface area contributed by atoms with Gasteiger partial charge in [-0.1, -0.05) is 37.8 Å². The number of methoxy groups -OCH3 is 1. The first-order valence-corrected chi connectivity index (χ1v) is 12.5. The minimum absolute atomic E-state index is 0.0753. The lowest BCUT2D eigenvalue weighted by molar-refractivity contribution is -0.133. The second-order valence-corrected chi connectivity index (χ2v) is 9.85. The molecule has 0 spiro atoms. The van der Waals surface area contributed by atoms with Gasteiger partial charge in [0.05, 0.1) is 19.3 Å². The van der Waals surface area contributed by atoms with Gasteiger partial charge < -0.3 is 20.3 Å². The zero-order valence-electron chi connectivity index (χ0n) is 20.4. The van der Waals surface area contributed by atoms with Crippen molar-refractivity contribution in [2.75, 3.05) is 19.0 Å². The normalized spacial score (nSPS) is 20.0. The molecule has 2 aliphatic rings. The number of rotatable bonds is 8. The molecular formula is C25H32ClN5O4. The molecule has 1 aliphatic carbocycles. The molecule has 1 saturated carbocycles. The van der Waals surface area contributed by atoms with Gasteiger partial charge in [-0.15, -0.1) is 0 Å². The Labute approximate surface area is 210 Å². The molecule has 2 N–H and O–H groups in total. The number of carbonyl (C=O) groups is 3. The van der Waals surface area contributed by atoms with Crippen LogP contribution in [0.15, 0.2) is 24.3 Å². The van der Waals surface area contributed by atoms with E-state index in [4.69, 9.17) is 16.3 Å². The Morgan fingerprint density at radius 3 is 2.69 bits per heavy atom. The highest BCUT2D eigenvalue weighted by molar-refractivity contribution is 6.31. The van der Waals surface area contributed by atoms with E-state index in [1.54, 1.807) is 30.0 Å². The zero-order chi connectivity index (χ0) is 25.2. The standard InChI is InChI=1S/C25H32ClN5O4/c1-4-5-12-30-23(33)20-14-19(22(32)28-18-13-16(26)10-11-21(18)35-3)29-31(20)15-25(30,2)24(34)27-17-8-6-7-9-17/h10-11,13-14,17H,4-9,12,15H2,1-3H3,(H,27,34)(H,28,32)/t25-/m1/s1. The number of unbranched alkanes of at least 4 members (excludes halogenated alkanes) is 1. The molecule has 0 saturated heterocycles. The molecule has 10 heteroatoms. The first-order valence-electron chi connectivity index (χ1n) is 12.1. The molecule has 35 heavy (non-hydrogen) atoms. The fourth-order valence-electron chi connectivity index (χ4n) is 4.79. The molecule has 0 bridgehead atoms. The van der Waals surface area contributed by atoms with Crippen LogP contribution in [0.2, 0.25) is 5.02 Å². The fraction of sp³-hybridized carbons (Fsp3) is 0.520. The number of hydrogen-bond donors (Lipinski definition) is 2. The maximum absolute atomic E-state index is 13.5. The number of hydrogen-bond acceptors (Lipinski definition) is 5. The average molecular weight is 502 g/mol. The van der Waals surface area contributed by atoms with E-state index < -0.39 is 11.4 Å². The van der Waals surface area contributed by atoms with Gasteiger partial charge in [-0.3, -0.25) is 19.1 Å². The maximum Gasteiger partial charge on any atom is 0.276 e. The molecule has 2 heterocycles. The Morgan fingerprint density at radius 2 is 2.00 bits per heavy atom. The number of benzene rings is 1. The van der Waals surface area contributed by atoms with Crippen molar-refractivity contribution in [2.45, 2.75) is 70.5 Å². The number of nitrogens with one attached hydrogen (secondary N) is 2. The van der Waals surface area contributed by atoms with Gasteiger partial charge in [0.1, 0.15) is 17.0 Å². The van der Waals surface area contributed by atoms with Crippen molar-refractivity contribution in [2.24, 2.45) is 0 Å². The first-order chi connectivity index (χ1) is 16.8. The van der Waals surface area contributed by atoms with Crippen LogP contribution in [-0.4, -0.2) is 57.6 Å². The van der Waals surface area contributed by atoms with Crippen LogP contribution in [0, 0.1) is 0 Å². The van der Waals surface area contributed by atoms with Gasteiger partial charge in [0.15, 0.2) is 5.69 Å². The van der Waals surface area contributed by atoms with Crippen LogP contribution in [0.25, 0.3) is 0 Å². The summed E-state index contributed by atoms with van der Waals surface area (Å²) >= 11 is 6.07. The van der Waals surface area contributed by atoms with E-state index in [9.17, 15) is 14.4 Å². The molecule has 9 nitrogen and oxygen atoms in total. The summed E-state index contributed by atoms with van der Waals surface area (Å²) in [5.41, 5.74) is -0.341. The number of ether oxygens (including phenoxy) is 1. The lowest BCUT2D eigenvalue weighted by Gasteiger charge is -2.43. The van der Waals surface area contributed by atoms with Gasteiger partial charge in [0.2, 0.25) is 5.91 Å². The molecule has 0 radical (unpaired) electrons. The van der Waals surface area contributed by atoms with Crippen LogP contribution in [-0.2, 0) is 11.3 Å². The first kappa shape index (κ1) is 25.0. The topological polar surface area (TPSA) is 106 Å². The van der Waals surface area contributed by atoms with Gasteiger partial charge >= 0.3 is 0 Å². The summed E-state index contributed by atoms with van der Waals surface area (Å²) in [6.45, 7) is 4.45. The minimum atomic E-state index is -1.10. The van der Waals surface area contributed by atoms with Crippen LogP contribution in [0.3, 0.4) is 0 Å². The van der Waals surface area contributed by atoms with Crippen molar-refractivity contribution in [1.29, 1.82) is 0 Å². The van der Waals surface area contributed by atoms with E-state index in [2.05, 4.69) is 15.7 Å². The van der Waals surface area contributed by atoms with Crippen LogP contribution in [0.4, 0.5) is 5.69 Å². The van der Waals surface area contributed by atoms with Crippen molar-refractivity contribution >= 4 is 35.0 Å². The summed E-state index contributed by atoms with van der Waals surface area (Å²) in [5.74, 6) is -0.535. The molecule has 2 aromatic rings. The summed E-state index contributed by atoms with van der Waals surface area (Å²) < 4.78 is 6.77. The Kier molecular flexibility index (Phi) is 7.35. The molecule has 188 valence electrons. The van der Waals surface area contributed by atoms with Crippen LogP contribution in [0.5, 0.6) is 5.75 Å². The Hall–Kier alpha value is -3.07. The number of amides is 3. The molecule has 3 amide bonds. The minimum Gasteiger partial charge on any atom is -0.495 e. The third-order valence-electron chi connectivity index (χ3n) is 6.85. The molecule has 1 fully saturated rings. The largest absolute Gasteiger partial charge is 0.495 e. The van der Waals surface area contributed by atoms with Crippen molar-refractivity contribution < 1.29 is 19.1 Å². The third kappa shape index (κ3) is 5.00. The van der Waals surface area contributed by atoms with Gasteiger partial charge in [-0.05, 0) is 44.4 Å². The van der Waals surface area contributed by atoms with Crippen molar-refractivity contribution in [3.05, 3.63) is 40.7 Å². The lowest BCUT2D eigenvalue weighted by atomic mass is 9.94. The van der Waals surface area contributed by atoms with Gasteiger partial charge in [0.25, 0.3) is 11.8 Å². The molecule has 1 aromatic carbocycles. The van der Waals surface area contributed by atoms with Gasteiger partial charge in [0, 0.05) is 23.7 Å². The summed E-state index contributed by atoms with van der Waals surface area (Å²) in [6.07, 6.45) is 5.76. The second kappa shape index (κ2) is 10.3. The quantitative estimate of drug-likeness (QED) is 0.571. The van der Waals surface area contributed by atoms with Crippen LogP contribution in [0.1, 0.15) is 73.3 Å². The Balaban J connectivity index is 1.61. The SMILES string of the molecule is CCCCN1C(=O)c2cc(C(=O)Nc3cc(Cl)ccc3OC)nn2C[C@]1(C)C(=O)NC1CCCC1. The van der Waals surface area contributed by atoms with Crippen LogP contribution < -0.4 is 15.4 Å².